The van der Waals surface area contributed by atoms with Gasteiger partial charge in [-0.2, -0.15) is 0 Å². The van der Waals surface area contributed by atoms with E-state index in [1.165, 1.54) is 13.8 Å². The van der Waals surface area contributed by atoms with Crippen LogP contribution >= 0.6 is 0 Å². The highest BCUT2D eigenvalue weighted by atomic mass is 16.6. The molecule has 6 heteroatoms. The molecule has 0 amide bonds. The van der Waals surface area contributed by atoms with Gasteiger partial charge in [0.25, 0.3) is 0 Å². The van der Waals surface area contributed by atoms with Gasteiger partial charge in [-0.25, -0.2) is 4.79 Å². The van der Waals surface area contributed by atoms with Gasteiger partial charge in [0.05, 0.1) is 11.8 Å². The third kappa shape index (κ3) is 2.29. The molecule has 2 aliphatic carbocycles. The first-order valence-corrected chi connectivity index (χ1v) is 7.85. The number of esters is 3. The Kier molecular flexibility index (Phi) is 3.45. The van der Waals surface area contributed by atoms with Gasteiger partial charge in [-0.1, -0.05) is 13.8 Å². The van der Waals surface area contributed by atoms with E-state index in [1.54, 1.807) is 13.8 Å². The van der Waals surface area contributed by atoms with E-state index in [1.807, 2.05) is 0 Å². The van der Waals surface area contributed by atoms with Gasteiger partial charge in [-0.3, -0.25) is 9.59 Å². The Morgan fingerprint density at radius 1 is 1.27 bits per heavy atom. The van der Waals surface area contributed by atoms with Crippen LogP contribution in [-0.4, -0.2) is 35.7 Å². The molecule has 1 aliphatic heterocycles. The summed E-state index contributed by atoms with van der Waals surface area (Å²) in [5.41, 5.74) is -1.34. The topological polar surface area (TPSA) is 78.9 Å². The van der Waals surface area contributed by atoms with Gasteiger partial charge < -0.3 is 14.2 Å². The fourth-order valence-corrected chi connectivity index (χ4v) is 3.74. The fraction of sp³-hybridized carbons (Fsp3) is 0.812. The third-order valence-corrected chi connectivity index (χ3v) is 4.98. The second-order valence-electron chi connectivity index (χ2n) is 7.36. The van der Waals surface area contributed by atoms with Crippen molar-refractivity contribution in [1.29, 1.82) is 0 Å². The highest BCUT2D eigenvalue weighted by molar-refractivity contribution is 5.83. The Labute approximate surface area is 129 Å². The lowest BCUT2D eigenvalue weighted by molar-refractivity contribution is -0.189. The summed E-state index contributed by atoms with van der Waals surface area (Å²) in [6.45, 7) is 6.45. The molecule has 22 heavy (non-hydrogen) atoms. The van der Waals surface area contributed by atoms with Crippen LogP contribution in [0.3, 0.4) is 0 Å². The number of hydrogen-bond acceptors (Lipinski definition) is 6. The molecule has 5 atom stereocenters. The van der Waals surface area contributed by atoms with Gasteiger partial charge in [0.15, 0.2) is 0 Å². The molecule has 3 rings (SSSR count). The maximum atomic E-state index is 12.4. The van der Waals surface area contributed by atoms with E-state index in [0.717, 1.165) is 12.8 Å². The summed E-state index contributed by atoms with van der Waals surface area (Å²) in [6, 6.07) is 0. The predicted molar refractivity (Wildman–Crippen MR) is 74.5 cm³/mol. The lowest BCUT2D eigenvalue weighted by atomic mass is 9.88. The average Bonchev–Trinajstić information content (AvgIpc) is 3.02. The first-order chi connectivity index (χ1) is 10.2. The van der Waals surface area contributed by atoms with Gasteiger partial charge in [0, 0.05) is 11.8 Å². The summed E-state index contributed by atoms with van der Waals surface area (Å²) >= 11 is 0. The van der Waals surface area contributed by atoms with Crippen molar-refractivity contribution in [3.63, 3.8) is 0 Å². The van der Waals surface area contributed by atoms with E-state index < -0.39 is 23.6 Å². The molecule has 3 aliphatic rings. The van der Waals surface area contributed by atoms with E-state index in [2.05, 4.69) is 0 Å². The zero-order chi connectivity index (χ0) is 16.2. The van der Waals surface area contributed by atoms with E-state index in [-0.39, 0.29) is 35.7 Å². The van der Waals surface area contributed by atoms with Gasteiger partial charge in [-0.15, -0.1) is 0 Å². The van der Waals surface area contributed by atoms with E-state index >= 15 is 0 Å². The molecule has 122 valence electrons. The summed E-state index contributed by atoms with van der Waals surface area (Å²) < 4.78 is 16.2. The second kappa shape index (κ2) is 4.96. The maximum Gasteiger partial charge on any atom is 0.350 e. The quantitative estimate of drug-likeness (QED) is 0.578. The summed E-state index contributed by atoms with van der Waals surface area (Å²) in [7, 11) is 0. The van der Waals surface area contributed by atoms with Gasteiger partial charge in [0.2, 0.25) is 5.60 Å². The Morgan fingerprint density at radius 2 is 1.95 bits per heavy atom. The molecule has 2 saturated carbocycles. The van der Waals surface area contributed by atoms with Crippen LogP contribution in [-0.2, 0) is 28.6 Å². The van der Waals surface area contributed by atoms with Crippen molar-refractivity contribution in [2.24, 2.45) is 23.7 Å². The third-order valence-electron chi connectivity index (χ3n) is 4.98. The molecule has 0 aromatic rings. The van der Waals surface area contributed by atoms with Gasteiger partial charge in [-0.05, 0) is 26.7 Å². The van der Waals surface area contributed by atoms with E-state index in [0.29, 0.717) is 0 Å². The predicted octanol–water partition coefficient (Wildman–Crippen LogP) is 1.46. The molecule has 0 N–H and O–H groups in total. The van der Waals surface area contributed by atoms with Crippen molar-refractivity contribution in [2.75, 3.05) is 0 Å². The maximum absolute atomic E-state index is 12.4. The van der Waals surface area contributed by atoms with Crippen LogP contribution in [0, 0.1) is 23.7 Å². The molecule has 2 bridgehead atoms. The van der Waals surface area contributed by atoms with Gasteiger partial charge >= 0.3 is 17.9 Å². The zero-order valence-corrected chi connectivity index (χ0v) is 13.3. The van der Waals surface area contributed by atoms with Crippen LogP contribution in [0.15, 0.2) is 0 Å². The first-order valence-electron chi connectivity index (χ1n) is 7.85. The van der Waals surface area contributed by atoms with E-state index in [9.17, 15) is 14.4 Å². The Bertz CT molecular complexity index is 523. The Hall–Kier alpha value is -1.59. The zero-order valence-electron chi connectivity index (χ0n) is 13.3. The number of hydrogen-bond donors (Lipinski definition) is 0. The second-order valence-corrected chi connectivity index (χ2v) is 7.36. The van der Waals surface area contributed by atoms with Crippen LogP contribution in [0.1, 0.15) is 40.5 Å². The molecule has 0 spiro atoms. The molecule has 0 aromatic carbocycles. The lowest BCUT2D eigenvalue weighted by Crippen LogP contribution is -2.45. The molecule has 0 radical (unpaired) electrons. The fourth-order valence-electron chi connectivity index (χ4n) is 3.74. The number of carbonyl (C=O) groups is 3. The molecular weight excluding hydrogens is 288 g/mol. The molecule has 1 saturated heterocycles. The highest BCUT2D eigenvalue weighted by Gasteiger charge is 2.63. The smallest absolute Gasteiger partial charge is 0.350 e. The summed E-state index contributed by atoms with van der Waals surface area (Å²) in [4.78, 5) is 35.8. The largest absolute Gasteiger partial charge is 0.458 e. The molecule has 6 nitrogen and oxygen atoms in total. The van der Waals surface area contributed by atoms with E-state index in [4.69, 9.17) is 14.2 Å². The first kappa shape index (κ1) is 15.3. The Morgan fingerprint density at radius 3 is 2.59 bits per heavy atom. The molecule has 3 fully saturated rings. The molecular formula is C16H22O6. The number of ether oxygens (including phenoxy) is 3. The number of rotatable bonds is 4. The summed E-state index contributed by atoms with van der Waals surface area (Å²) in [5.74, 6) is -1.17. The normalized spacial score (nSPS) is 35.7. The number of carbonyl (C=O) groups excluding carboxylic acids is 3. The minimum absolute atomic E-state index is 0.0169. The SMILES string of the molecule is CC(C)C(=O)OC(C)(C)C(=O)OC1C2CC3C(=O)OC1C3C2. The van der Waals surface area contributed by atoms with Crippen molar-refractivity contribution in [1.82, 2.24) is 0 Å². The minimum Gasteiger partial charge on any atom is -0.458 e. The molecule has 5 unspecified atom stereocenters. The van der Waals surface area contributed by atoms with Crippen LogP contribution in [0.25, 0.3) is 0 Å². The summed E-state index contributed by atoms with van der Waals surface area (Å²) in [6.07, 6.45) is 0.865. The lowest BCUT2D eigenvalue weighted by Gasteiger charge is -2.30. The van der Waals surface area contributed by atoms with Crippen molar-refractivity contribution in [2.45, 2.75) is 58.3 Å². The summed E-state index contributed by atoms with van der Waals surface area (Å²) in [5, 5.41) is 0. The Balaban J connectivity index is 1.65. The van der Waals surface area contributed by atoms with Crippen LogP contribution in [0.2, 0.25) is 0 Å². The van der Waals surface area contributed by atoms with Crippen LogP contribution < -0.4 is 0 Å². The van der Waals surface area contributed by atoms with Gasteiger partial charge in [0.1, 0.15) is 12.2 Å². The van der Waals surface area contributed by atoms with Crippen molar-refractivity contribution >= 4 is 17.9 Å². The van der Waals surface area contributed by atoms with Crippen molar-refractivity contribution < 1.29 is 28.6 Å². The number of fused-ring (bicyclic) bond motifs is 1. The van der Waals surface area contributed by atoms with Crippen molar-refractivity contribution in [3.05, 3.63) is 0 Å². The minimum atomic E-state index is -1.34. The van der Waals surface area contributed by atoms with Crippen LogP contribution in [0.4, 0.5) is 0 Å². The monoisotopic (exact) mass is 310 g/mol. The molecule has 1 heterocycles. The standard InChI is InChI=1S/C16H22O6/c1-7(2)13(17)22-16(3,4)15(19)21-11-8-5-9-10(6-8)14(18)20-12(9)11/h7-12H,5-6H2,1-4H3. The van der Waals surface area contributed by atoms with Crippen LogP contribution in [0.5, 0.6) is 0 Å². The van der Waals surface area contributed by atoms with Crippen molar-refractivity contribution in [3.8, 4) is 0 Å². The highest BCUT2D eigenvalue weighted by Crippen LogP contribution is 2.55. The average molecular weight is 310 g/mol. The molecule has 0 aromatic heterocycles.